The van der Waals surface area contributed by atoms with E-state index >= 15 is 0 Å². The van der Waals surface area contributed by atoms with Gasteiger partial charge in [-0.1, -0.05) is 31.5 Å². The van der Waals surface area contributed by atoms with Crippen LogP contribution in [0.5, 0.6) is 17.2 Å². The number of benzene rings is 2. The average Bonchev–Trinajstić information content (AvgIpc) is 3.53. The molecule has 6 atom stereocenters. The lowest BCUT2D eigenvalue weighted by Gasteiger charge is -2.27. The van der Waals surface area contributed by atoms with Crippen LogP contribution in [-0.2, 0) is 27.2 Å². The summed E-state index contributed by atoms with van der Waals surface area (Å²) in [5.74, 6) is 0.300. The fourth-order valence-corrected chi connectivity index (χ4v) is 6.80. The number of fused-ring (bicyclic) bond motifs is 5. The molecular weight excluding hydrogens is 444 g/mol. The van der Waals surface area contributed by atoms with Gasteiger partial charge in [0.2, 0.25) is 5.75 Å². The lowest BCUT2D eigenvalue weighted by Crippen LogP contribution is -2.34. The van der Waals surface area contributed by atoms with Crippen LogP contribution < -0.4 is 14.2 Å². The number of carbonyl (C=O) groups excluding carboxylic acids is 2. The number of methoxy groups -OCH3 is 3. The van der Waals surface area contributed by atoms with E-state index in [-0.39, 0.29) is 35.6 Å². The minimum absolute atomic E-state index is 0.0141. The summed E-state index contributed by atoms with van der Waals surface area (Å²) >= 11 is 0. The Morgan fingerprint density at radius 3 is 1.94 bits per heavy atom. The molecule has 3 aliphatic rings. The van der Waals surface area contributed by atoms with Crippen LogP contribution in [0.2, 0.25) is 0 Å². The van der Waals surface area contributed by atoms with E-state index in [9.17, 15) is 9.59 Å². The maximum atomic E-state index is 14.0. The number of aryl methyl sites for hydroxylation is 3. The van der Waals surface area contributed by atoms with Crippen LogP contribution in [0.4, 0.5) is 0 Å². The molecule has 1 saturated carbocycles. The van der Waals surface area contributed by atoms with Gasteiger partial charge in [-0.3, -0.25) is 9.59 Å². The first-order valence-electron chi connectivity index (χ1n) is 12.5. The number of hydrogen-bond donors (Lipinski definition) is 0. The monoisotopic (exact) mass is 478 g/mol. The van der Waals surface area contributed by atoms with Crippen molar-refractivity contribution in [3.05, 3.63) is 52.1 Å². The Labute approximate surface area is 206 Å². The zero-order chi connectivity index (χ0) is 25.0. The second-order valence-corrected chi connectivity index (χ2v) is 9.93. The largest absolute Gasteiger partial charge is 0.493 e. The second-order valence-electron chi connectivity index (χ2n) is 9.93. The maximum absolute atomic E-state index is 14.0. The predicted molar refractivity (Wildman–Crippen MR) is 132 cm³/mol. The van der Waals surface area contributed by atoms with Gasteiger partial charge in [0.15, 0.2) is 23.1 Å². The van der Waals surface area contributed by atoms with Gasteiger partial charge < -0.3 is 18.9 Å². The molecule has 5 rings (SSSR count). The van der Waals surface area contributed by atoms with Gasteiger partial charge in [0.1, 0.15) is 5.92 Å². The first-order chi connectivity index (χ1) is 16.9. The van der Waals surface area contributed by atoms with E-state index in [0.29, 0.717) is 23.7 Å². The van der Waals surface area contributed by atoms with Gasteiger partial charge >= 0.3 is 0 Å². The molecule has 2 aliphatic heterocycles. The maximum Gasteiger partial charge on any atom is 0.203 e. The molecule has 186 valence electrons. The molecular formula is C29H34O6. The second kappa shape index (κ2) is 8.98. The van der Waals surface area contributed by atoms with E-state index in [1.165, 1.54) is 5.56 Å². The molecule has 1 aliphatic carbocycles. The number of ether oxygens (including phenoxy) is 4. The van der Waals surface area contributed by atoms with Crippen molar-refractivity contribution in [1.29, 1.82) is 0 Å². The molecule has 0 N–H and O–H groups in total. The first kappa shape index (κ1) is 23.9. The van der Waals surface area contributed by atoms with Crippen molar-refractivity contribution in [2.24, 2.45) is 11.8 Å². The highest BCUT2D eigenvalue weighted by Crippen LogP contribution is 2.58. The molecule has 6 heteroatoms. The number of rotatable bonds is 7. The summed E-state index contributed by atoms with van der Waals surface area (Å²) in [7, 11) is 4.77. The highest BCUT2D eigenvalue weighted by molar-refractivity contribution is 6.17. The SMILES string of the molecule is CCc1cc(C)cc(CC)c1C1C(=O)[C@@H]2[C@@H]3O[C@@H](C[C@H]3c3cc(OC)c(OC)c(OC)c3)[C@@H]2C1=O. The van der Waals surface area contributed by atoms with Crippen LogP contribution in [0.25, 0.3) is 0 Å². The van der Waals surface area contributed by atoms with E-state index in [4.69, 9.17) is 18.9 Å². The normalized spacial score (nSPS) is 29.0. The number of hydrogen-bond acceptors (Lipinski definition) is 6. The fraction of sp³-hybridized carbons (Fsp3) is 0.517. The lowest BCUT2D eigenvalue weighted by atomic mass is 9.73. The molecule has 2 aromatic rings. The Hall–Kier alpha value is -2.86. The van der Waals surface area contributed by atoms with E-state index in [1.54, 1.807) is 21.3 Å². The Morgan fingerprint density at radius 2 is 1.43 bits per heavy atom. The van der Waals surface area contributed by atoms with Crippen LogP contribution in [0.3, 0.4) is 0 Å². The van der Waals surface area contributed by atoms with Crippen LogP contribution in [-0.4, -0.2) is 45.1 Å². The summed E-state index contributed by atoms with van der Waals surface area (Å²) in [5.41, 5.74) is 5.33. The van der Waals surface area contributed by atoms with Crippen LogP contribution >= 0.6 is 0 Å². The minimum Gasteiger partial charge on any atom is -0.493 e. The molecule has 0 spiro atoms. The molecule has 1 unspecified atom stereocenters. The molecule has 2 bridgehead atoms. The fourth-order valence-electron chi connectivity index (χ4n) is 6.80. The summed E-state index contributed by atoms with van der Waals surface area (Å²) in [4.78, 5) is 27.7. The predicted octanol–water partition coefficient (Wildman–Crippen LogP) is 4.57. The molecule has 3 fully saturated rings. The third-order valence-electron chi connectivity index (χ3n) is 8.24. The van der Waals surface area contributed by atoms with Gasteiger partial charge in [-0.15, -0.1) is 0 Å². The third kappa shape index (κ3) is 3.48. The van der Waals surface area contributed by atoms with Crippen molar-refractivity contribution in [2.45, 2.75) is 64.1 Å². The van der Waals surface area contributed by atoms with Crippen molar-refractivity contribution >= 4 is 11.6 Å². The van der Waals surface area contributed by atoms with Gasteiger partial charge in [-0.2, -0.15) is 0 Å². The molecule has 6 nitrogen and oxygen atoms in total. The molecule has 2 heterocycles. The van der Waals surface area contributed by atoms with Gasteiger partial charge in [0, 0.05) is 5.92 Å². The molecule has 35 heavy (non-hydrogen) atoms. The zero-order valence-corrected chi connectivity index (χ0v) is 21.3. The van der Waals surface area contributed by atoms with Gasteiger partial charge in [0.25, 0.3) is 0 Å². The molecule has 0 aromatic heterocycles. The van der Waals surface area contributed by atoms with Crippen LogP contribution in [0.15, 0.2) is 24.3 Å². The van der Waals surface area contributed by atoms with Gasteiger partial charge in [-0.25, -0.2) is 0 Å². The average molecular weight is 479 g/mol. The highest BCUT2D eigenvalue weighted by Gasteiger charge is 2.66. The molecule has 2 aromatic carbocycles. The first-order valence-corrected chi connectivity index (χ1v) is 12.5. The topological polar surface area (TPSA) is 71.1 Å². The zero-order valence-electron chi connectivity index (χ0n) is 21.3. The molecule has 0 amide bonds. The standard InChI is InChI=1S/C29H34O6/c1-7-15-9-14(3)10-16(8-2)22(15)24-26(30)23-19-13-18(28(35-19)25(23)27(24)31)17-11-20(32-4)29(34-6)21(12-17)33-5/h9-12,18-19,23-25,28H,7-8,13H2,1-6H3/t18-,19-,23-,24?,25+,28+/m0/s1. The van der Waals surface area contributed by atoms with Crippen LogP contribution in [0, 0.1) is 18.8 Å². The van der Waals surface area contributed by atoms with Crippen LogP contribution in [0.1, 0.15) is 59.9 Å². The summed E-state index contributed by atoms with van der Waals surface area (Å²) in [6.07, 6.45) is 1.73. The van der Waals surface area contributed by atoms with Crippen molar-refractivity contribution in [3.8, 4) is 17.2 Å². The van der Waals surface area contributed by atoms with E-state index in [2.05, 4.69) is 32.9 Å². The summed E-state index contributed by atoms with van der Waals surface area (Å²) in [5, 5.41) is 0. The number of carbonyl (C=O) groups is 2. The number of ketones is 2. The Balaban J connectivity index is 1.53. The highest BCUT2D eigenvalue weighted by atomic mass is 16.5. The van der Waals surface area contributed by atoms with Crippen molar-refractivity contribution in [2.75, 3.05) is 21.3 Å². The summed E-state index contributed by atoms with van der Waals surface area (Å²) < 4.78 is 22.9. The Morgan fingerprint density at radius 1 is 0.857 bits per heavy atom. The van der Waals surface area contributed by atoms with Crippen molar-refractivity contribution in [3.63, 3.8) is 0 Å². The van der Waals surface area contributed by atoms with E-state index in [0.717, 1.165) is 35.1 Å². The van der Waals surface area contributed by atoms with Crippen molar-refractivity contribution < 1.29 is 28.5 Å². The smallest absolute Gasteiger partial charge is 0.203 e. The lowest BCUT2D eigenvalue weighted by molar-refractivity contribution is -0.127. The quantitative estimate of drug-likeness (QED) is 0.543. The number of Topliss-reactive ketones (excluding diaryl/α,β-unsaturated/α-hetero) is 2. The van der Waals surface area contributed by atoms with Gasteiger partial charge in [0.05, 0.1) is 45.4 Å². The third-order valence-corrected chi connectivity index (χ3v) is 8.24. The minimum atomic E-state index is -0.678. The Bertz CT molecular complexity index is 1130. The molecule has 0 radical (unpaired) electrons. The molecule has 2 saturated heterocycles. The Kier molecular flexibility index (Phi) is 6.12. The van der Waals surface area contributed by atoms with Gasteiger partial charge in [-0.05, 0) is 60.6 Å². The van der Waals surface area contributed by atoms with E-state index in [1.807, 2.05) is 12.1 Å². The summed E-state index contributed by atoms with van der Waals surface area (Å²) in [6.45, 7) is 6.26. The van der Waals surface area contributed by atoms with E-state index < -0.39 is 11.8 Å². The van der Waals surface area contributed by atoms with Crippen molar-refractivity contribution in [1.82, 2.24) is 0 Å². The summed E-state index contributed by atoms with van der Waals surface area (Å²) in [6, 6.07) is 8.14.